The lowest BCUT2D eigenvalue weighted by molar-refractivity contribution is 0.573. The molecule has 0 aliphatic carbocycles. The predicted octanol–water partition coefficient (Wildman–Crippen LogP) is 3.69. The third-order valence-electron chi connectivity index (χ3n) is 3.25. The average Bonchev–Trinajstić information content (AvgIpc) is 3.00. The van der Waals surface area contributed by atoms with Crippen molar-refractivity contribution in [3.05, 3.63) is 58.1 Å². The van der Waals surface area contributed by atoms with Gasteiger partial charge in [-0.15, -0.1) is 11.3 Å². The lowest BCUT2D eigenvalue weighted by atomic mass is 10.0. The number of thiazole rings is 1. The molecule has 6 heteroatoms. The van der Waals surface area contributed by atoms with Crippen molar-refractivity contribution in [2.45, 2.75) is 12.5 Å². The predicted molar refractivity (Wildman–Crippen MR) is 80.0 cm³/mol. The minimum atomic E-state index is -0.393. The summed E-state index contributed by atoms with van der Waals surface area (Å²) >= 11 is 7.31. The van der Waals surface area contributed by atoms with Crippen LogP contribution in [0, 0.1) is 5.82 Å². The van der Waals surface area contributed by atoms with Crippen LogP contribution in [-0.4, -0.2) is 16.4 Å². The van der Waals surface area contributed by atoms with Gasteiger partial charge in [0.15, 0.2) is 4.96 Å². The molecule has 20 heavy (non-hydrogen) atoms. The molecule has 1 atom stereocenters. The summed E-state index contributed by atoms with van der Waals surface area (Å²) in [4.78, 5) is 5.52. The first-order valence-corrected chi connectivity index (χ1v) is 7.46. The number of imidazole rings is 1. The highest BCUT2D eigenvalue weighted by Crippen LogP contribution is 2.23. The number of halogens is 2. The van der Waals surface area contributed by atoms with E-state index in [4.69, 9.17) is 11.6 Å². The van der Waals surface area contributed by atoms with Crippen LogP contribution in [0.15, 0.2) is 36.0 Å². The maximum atomic E-state index is 13.6. The van der Waals surface area contributed by atoms with Crippen LogP contribution >= 0.6 is 22.9 Å². The molecule has 0 bridgehead atoms. The van der Waals surface area contributed by atoms with Crippen LogP contribution in [0.5, 0.6) is 0 Å². The lowest BCUT2D eigenvalue weighted by Gasteiger charge is -2.15. The zero-order valence-corrected chi connectivity index (χ0v) is 12.4. The molecule has 1 unspecified atom stereocenters. The highest BCUT2D eigenvalue weighted by molar-refractivity contribution is 7.15. The third-order valence-corrected chi connectivity index (χ3v) is 4.33. The van der Waals surface area contributed by atoms with Crippen molar-refractivity contribution in [2.24, 2.45) is 0 Å². The van der Waals surface area contributed by atoms with Crippen LogP contribution in [0.4, 0.5) is 4.39 Å². The van der Waals surface area contributed by atoms with E-state index < -0.39 is 5.82 Å². The second-order valence-electron chi connectivity index (χ2n) is 4.54. The van der Waals surface area contributed by atoms with Crippen LogP contribution in [-0.2, 0) is 6.42 Å². The van der Waals surface area contributed by atoms with Crippen LogP contribution in [0.25, 0.3) is 4.96 Å². The minimum absolute atomic E-state index is 0.00590. The summed E-state index contributed by atoms with van der Waals surface area (Å²) in [5, 5.41) is 5.34. The molecule has 0 amide bonds. The second-order valence-corrected chi connectivity index (χ2v) is 5.82. The van der Waals surface area contributed by atoms with Gasteiger partial charge in [-0.25, -0.2) is 9.37 Å². The normalized spacial score (nSPS) is 12.9. The van der Waals surface area contributed by atoms with E-state index >= 15 is 0 Å². The van der Waals surface area contributed by atoms with E-state index in [2.05, 4.69) is 10.3 Å². The number of benzene rings is 1. The topological polar surface area (TPSA) is 29.3 Å². The largest absolute Gasteiger partial charge is 0.313 e. The molecule has 2 aromatic heterocycles. The molecule has 3 aromatic rings. The number of aromatic nitrogens is 2. The van der Waals surface area contributed by atoms with E-state index in [1.165, 1.54) is 6.07 Å². The smallest absolute Gasteiger partial charge is 0.193 e. The Bertz CT molecular complexity index is 708. The van der Waals surface area contributed by atoms with Crippen LogP contribution in [0.3, 0.4) is 0 Å². The molecule has 2 heterocycles. The summed E-state index contributed by atoms with van der Waals surface area (Å²) in [6, 6.07) is 4.90. The van der Waals surface area contributed by atoms with Gasteiger partial charge < -0.3 is 5.32 Å². The maximum Gasteiger partial charge on any atom is 0.193 e. The number of nitrogens with one attached hydrogen (secondary N) is 1. The van der Waals surface area contributed by atoms with Crippen molar-refractivity contribution in [1.82, 2.24) is 14.7 Å². The van der Waals surface area contributed by atoms with Gasteiger partial charge >= 0.3 is 0 Å². The van der Waals surface area contributed by atoms with Crippen LogP contribution in [0.2, 0.25) is 5.02 Å². The fourth-order valence-electron chi connectivity index (χ4n) is 2.20. The van der Waals surface area contributed by atoms with E-state index in [0.29, 0.717) is 6.42 Å². The van der Waals surface area contributed by atoms with Crippen molar-refractivity contribution in [3.63, 3.8) is 0 Å². The Morgan fingerprint density at radius 2 is 2.35 bits per heavy atom. The standard InChI is InChI=1S/C14H13ClFN3S/c1-17-13(9-2-3-11(15)12(16)6-9)7-10-8-19-4-5-20-14(19)18-10/h2-6,8,13,17H,7H2,1H3. The zero-order valence-electron chi connectivity index (χ0n) is 10.8. The number of likely N-dealkylation sites (N-methyl/N-ethyl adjacent to an activating group) is 1. The van der Waals surface area contributed by atoms with Crippen molar-refractivity contribution in [3.8, 4) is 0 Å². The van der Waals surface area contributed by atoms with Crippen molar-refractivity contribution in [2.75, 3.05) is 7.05 Å². The molecule has 3 rings (SSSR count). The summed E-state index contributed by atoms with van der Waals surface area (Å²) in [6.07, 6.45) is 4.68. The van der Waals surface area contributed by atoms with Crippen LogP contribution < -0.4 is 5.32 Å². The van der Waals surface area contributed by atoms with Crippen molar-refractivity contribution < 1.29 is 4.39 Å². The Balaban J connectivity index is 1.85. The Morgan fingerprint density at radius 1 is 1.50 bits per heavy atom. The molecular weight excluding hydrogens is 297 g/mol. The van der Waals surface area contributed by atoms with Gasteiger partial charge in [0.25, 0.3) is 0 Å². The molecule has 0 fully saturated rings. The summed E-state index contributed by atoms with van der Waals surface area (Å²) in [6.45, 7) is 0. The first-order valence-electron chi connectivity index (χ1n) is 6.20. The average molecular weight is 310 g/mol. The summed E-state index contributed by atoms with van der Waals surface area (Å²) < 4.78 is 15.5. The summed E-state index contributed by atoms with van der Waals surface area (Å²) in [7, 11) is 1.86. The van der Waals surface area contributed by atoms with Crippen molar-refractivity contribution >= 4 is 27.9 Å². The Morgan fingerprint density at radius 3 is 3.05 bits per heavy atom. The van der Waals surface area contributed by atoms with Gasteiger partial charge in [-0.05, 0) is 24.7 Å². The number of nitrogens with zero attached hydrogens (tertiary/aromatic N) is 2. The fraction of sp³-hybridized carbons (Fsp3) is 0.214. The highest BCUT2D eigenvalue weighted by atomic mass is 35.5. The monoisotopic (exact) mass is 309 g/mol. The number of fused-ring (bicyclic) bond motifs is 1. The molecule has 104 valence electrons. The second kappa shape index (κ2) is 5.52. The van der Waals surface area contributed by atoms with Gasteiger partial charge in [0, 0.05) is 30.2 Å². The molecule has 0 aliphatic rings. The van der Waals surface area contributed by atoms with Gasteiger partial charge in [0.1, 0.15) is 5.82 Å². The van der Waals surface area contributed by atoms with Gasteiger partial charge in [0.2, 0.25) is 0 Å². The van der Waals surface area contributed by atoms with E-state index in [9.17, 15) is 4.39 Å². The number of hydrogen-bond donors (Lipinski definition) is 1. The fourth-order valence-corrected chi connectivity index (χ4v) is 3.04. The molecule has 0 spiro atoms. The van der Waals surface area contributed by atoms with Gasteiger partial charge in [-0.2, -0.15) is 0 Å². The van der Waals surface area contributed by atoms with Crippen LogP contribution in [0.1, 0.15) is 17.3 Å². The Labute approximate surface area is 125 Å². The molecular formula is C14H13ClFN3S. The first-order chi connectivity index (χ1) is 9.67. The van der Waals surface area contributed by atoms with E-state index in [0.717, 1.165) is 16.2 Å². The Kier molecular flexibility index (Phi) is 3.74. The maximum absolute atomic E-state index is 13.6. The summed E-state index contributed by atoms with van der Waals surface area (Å²) in [5.74, 6) is -0.393. The number of hydrogen-bond acceptors (Lipinski definition) is 3. The van der Waals surface area contributed by atoms with Crippen molar-refractivity contribution in [1.29, 1.82) is 0 Å². The molecule has 0 aliphatic heterocycles. The number of rotatable bonds is 4. The lowest BCUT2D eigenvalue weighted by Crippen LogP contribution is -2.19. The third kappa shape index (κ3) is 2.57. The summed E-state index contributed by atoms with van der Waals surface area (Å²) in [5.41, 5.74) is 1.84. The SMILES string of the molecule is CNC(Cc1cn2ccsc2n1)c1ccc(Cl)c(F)c1. The highest BCUT2D eigenvalue weighted by Gasteiger charge is 2.14. The van der Waals surface area contributed by atoms with E-state index in [1.54, 1.807) is 17.4 Å². The minimum Gasteiger partial charge on any atom is -0.313 e. The van der Waals surface area contributed by atoms with Gasteiger partial charge in [-0.1, -0.05) is 17.7 Å². The molecule has 1 N–H and O–H groups in total. The van der Waals surface area contributed by atoms with E-state index in [1.807, 2.05) is 35.3 Å². The molecule has 0 saturated heterocycles. The first kappa shape index (κ1) is 13.5. The molecule has 0 radical (unpaired) electrons. The van der Waals surface area contributed by atoms with E-state index in [-0.39, 0.29) is 11.1 Å². The Hall–Kier alpha value is -1.43. The van der Waals surface area contributed by atoms with Gasteiger partial charge in [-0.3, -0.25) is 4.40 Å². The molecule has 0 saturated carbocycles. The van der Waals surface area contributed by atoms with Gasteiger partial charge in [0.05, 0.1) is 10.7 Å². The quantitative estimate of drug-likeness (QED) is 0.796. The molecule has 1 aromatic carbocycles. The molecule has 3 nitrogen and oxygen atoms in total. The zero-order chi connectivity index (χ0) is 14.1.